The van der Waals surface area contributed by atoms with Crippen LogP contribution in [0.4, 0.5) is 0 Å². The third kappa shape index (κ3) is 1.80. The van der Waals surface area contributed by atoms with E-state index in [1.54, 1.807) is 0 Å². The quantitative estimate of drug-likeness (QED) is 0.786. The molecule has 4 heteroatoms. The monoisotopic (exact) mass is 194 g/mol. The van der Waals surface area contributed by atoms with Gasteiger partial charge in [0.25, 0.3) is 0 Å². The largest absolute Gasteiger partial charge is 0.307 e. The summed E-state index contributed by atoms with van der Waals surface area (Å²) in [7, 11) is 1.99. The maximum atomic E-state index is 4.57. The molecular formula is C10H18N4. The van der Waals surface area contributed by atoms with Gasteiger partial charge in [0.1, 0.15) is 5.82 Å². The molecule has 1 fully saturated rings. The van der Waals surface area contributed by atoms with Crippen LogP contribution >= 0.6 is 0 Å². The van der Waals surface area contributed by atoms with Gasteiger partial charge in [-0.05, 0) is 25.8 Å². The Morgan fingerprint density at radius 2 is 2.43 bits per heavy atom. The van der Waals surface area contributed by atoms with E-state index < -0.39 is 0 Å². The number of aryl methyl sites for hydroxylation is 2. The minimum absolute atomic E-state index is 0.429. The molecule has 0 bridgehead atoms. The molecule has 1 aliphatic heterocycles. The van der Waals surface area contributed by atoms with Crippen molar-refractivity contribution in [1.29, 1.82) is 0 Å². The van der Waals surface area contributed by atoms with Gasteiger partial charge in [-0.25, -0.2) is 4.98 Å². The van der Waals surface area contributed by atoms with E-state index in [0.29, 0.717) is 6.04 Å². The fraction of sp³-hybridized carbons (Fsp3) is 0.800. The lowest BCUT2D eigenvalue weighted by atomic mass is 10.2. The van der Waals surface area contributed by atoms with Crippen molar-refractivity contribution in [3.63, 3.8) is 0 Å². The second-order valence-corrected chi connectivity index (χ2v) is 3.91. The Balaban J connectivity index is 2.15. The molecule has 1 aromatic rings. The molecule has 1 unspecified atom stereocenters. The number of aromatic nitrogens is 3. The SMILES string of the molecule is CCCc1nc(C2CCCN2)n(C)n1. The predicted octanol–water partition coefficient (Wildman–Crippen LogP) is 1.19. The van der Waals surface area contributed by atoms with E-state index in [-0.39, 0.29) is 0 Å². The lowest BCUT2D eigenvalue weighted by molar-refractivity contribution is 0.559. The Morgan fingerprint density at radius 3 is 3.07 bits per heavy atom. The summed E-state index contributed by atoms with van der Waals surface area (Å²) in [6, 6.07) is 0.429. The van der Waals surface area contributed by atoms with Gasteiger partial charge in [0, 0.05) is 13.5 Å². The zero-order valence-corrected chi connectivity index (χ0v) is 8.95. The van der Waals surface area contributed by atoms with Crippen LogP contribution in [-0.2, 0) is 13.5 Å². The highest BCUT2D eigenvalue weighted by atomic mass is 15.3. The summed E-state index contributed by atoms with van der Waals surface area (Å²) in [5.74, 6) is 2.09. The highest BCUT2D eigenvalue weighted by molar-refractivity contribution is 5.01. The predicted molar refractivity (Wildman–Crippen MR) is 55.0 cm³/mol. The first-order valence-electron chi connectivity index (χ1n) is 5.44. The summed E-state index contributed by atoms with van der Waals surface area (Å²) in [5, 5.41) is 7.86. The molecule has 78 valence electrons. The summed E-state index contributed by atoms with van der Waals surface area (Å²) >= 11 is 0. The lowest BCUT2D eigenvalue weighted by Crippen LogP contribution is -2.17. The van der Waals surface area contributed by atoms with Crippen molar-refractivity contribution >= 4 is 0 Å². The molecule has 1 aliphatic rings. The van der Waals surface area contributed by atoms with Gasteiger partial charge in [0.05, 0.1) is 6.04 Å². The minimum Gasteiger partial charge on any atom is -0.307 e. The van der Waals surface area contributed by atoms with Crippen LogP contribution in [0.25, 0.3) is 0 Å². The van der Waals surface area contributed by atoms with Gasteiger partial charge in [-0.3, -0.25) is 4.68 Å². The molecule has 2 heterocycles. The maximum Gasteiger partial charge on any atom is 0.151 e. The van der Waals surface area contributed by atoms with E-state index in [0.717, 1.165) is 31.0 Å². The lowest BCUT2D eigenvalue weighted by Gasteiger charge is -2.07. The molecule has 1 N–H and O–H groups in total. The second-order valence-electron chi connectivity index (χ2n) is 3.91. The van der Waals surface area contributed by atoms with E-state index in [1.165, 1.54) is 12.8 Å². The molecule has 0 saturated carbocycles. The minimum atomic E-state index is 0.429. The van der Waals surface area contributed by atoms with Crippen molar-refractivity contribution in [1.82, 2.24) is 20.1 Å². The van der Waals surface area contributed by atoms with Crippen LogP contribution in [0.5, 0.6) is 0 Å². The molecule has 0 aliphatic carbocycles. The average molecular weight is 194 g/mol. The first-order valence-corrected chi connectivity index (χ1v) is 5.44. The van der Waals surface area contributed by atoms with Crippen LogP contribution in [0.3, 0.4) is 0 Å². The van der Waals surface area contributed by atoms with Gasteiger partial charge >= 0.3 is 0 Å². The Labute approximate surface area is 84.7 Å². The number of nitrogens with one attached hydrogen (secondary N) is 1. The molecule has 0 aromatic carbocycles. The van der Waals surface area contributed by atoms with Crippen molar-refractivity contribution in [2.75, 3.05) is 6.54 Å². The van der Waals surface area contributed by atoms with E-state index in [1.807, 2.05) is 11.7 Å². The fourth-order valence-corrected chi connectivity index (χ4v) is 1.99. The molecule has 0 spiro atoms. The summed E-state index contributed by atoms with van der Waals surface area (Å²) < 4.78 is 1.92. The van der Waals surface area contributed by atoms with Crippen molar-refractivity contribution in [3.05, 3.63) is 11.6 Å². The summed E-state index contributed by atoms with van der Waals surface area (Å²) in [5.41, 5.74) is 0. The maximum absolute atomic E-state index is 4.57. The third-order valence-electron chi connectivity index (χ3n) is 2.69. The van der Waals surface area contributed by atoms with Gasteiger partial charge in [0.15, 0.2) is 5.82 Å². The Kier molecular flexibility index (Phi) is 2.82. The normalized spacial score (nSPS) is 21.7. The zero-order valence-electron chi connectivity index (χ0n) is 8.95. The van der Waals surface area contributed by atoms with Crippen molar-refractivity contribution in [2.45, 2.75) is 38.6 Å². The van der Waals surface area contributed by atoms with Gasteiger partial charge in [-0.1, -0.05) is 6.92 Å². The summed E-state index contributed by atoms with van der Waals surface area (Å²) in [4.78, 5) is 4.57. The van der Waals surface area contributed by atoms with Gasteiger partial charge in [-0.15, -0.1) is 0 Å². The molecule has 0 radical (unpaired) electrons. The van der Waals surface area contributed by atoms with E-state index in [9.17, 15) is 0 Å². The number of hydrogen-bond donors (Lipinski definition) is 1. The van der Waals surface area contributed by atoms with E-state index in [4.69, 9.17) is 0 Å². The van der Waals surface area contributed by atoms with Gasteiger partial charge in [-0.2, -0.15) is 5.10 Å². The smallest absolute Gasteiger partial charge is 0.151 e. The highest BCUT2D eigenvalue weighted by Gasteiger charge is 2.21. The molecule has 0 amide bonds. The van der Waals surface area contributed by atoms with Crippen molar-refractivity contribution < 1.29 is 0 Å². The van der Waals surface area contributed by atoms with Crippen LogP contribution in [0.15, 0.2) is 0 Å². The van der Waals surface area contributed by atoms with Crippen molar-refractivity contribution in [3.8, 4) is 0 Å². The van der Waals surface area contributed by atoms with Crippen LogP contribution in [0.1, 0.15) is 43.9 Å². The van der Waals surface area contributed by atoms with Gasteiger partial charge < -0.3 is 5.32 Å². The van der Waals surface area contributed by atoms with Crippen molar-refractivity contribution in [2.24, 2.45) is 7.05 Å². The first kappa shape index (κ1) is 9.65. The molecule has 1 atom stereocenters. The topological polar surface area (TPSA) is 42.7 Å². The Morgan fingerprint density at radius 1 is 1.57 bits per heavy atom. The van der Waals surface area contributed by atoms with Crippen LogP contribution < -0.4 is 5.32 Å². The van der Waals surface area contributed by atoms with Crippen LogP contribution in [0.2, 0.25) is 0 Å². The van der Waals surface area contributed by atoms with E-state index >= 15 is 0 Å². The number of nitrogens with zero attached hydrogens (tertiary/aromatic N) is 3. The molecule has 4 nitrogen and oxygen atoms in total. The molecular weight excluding hydrogens is 176 g/mol. The summed E-state index contributed by atoms with van der Waals surface area (Å²) in [6.45, 7) is 3.27. The van der Waals surface area contributed by atoms with Crippen LogP contribution in [-0.4, -0.2) is 21.3 Å². The standard InChI is InChI=1S/C10H18N4/c1-3-5-9-12-10(14(2)13-9)8-6-4-7-11-8/h8,11H,3-7H2,1-2H3. The first-order chi connectivity index (χ1) is 6.81. The number of hydrogen-bond acceptors (Lipinski definition) is 3. The third-order valence-corrected chi connectivity index (χ3v) is 2.69. The van der Waals surface area contributed by atoms with E-state index in [2.05, 4.69) is 22.3 Å². The van der Waals surface area contributed by atoms with Crippen LogP contribution in [0, 0.1) is 0 Å². The zero-order chi connectivity index (χ0) is 9.97. The van der Waals surface area contributed by atoms with Gasteiger partial charge in [0.2, 0.25) is 0 Å². The number of rotatable bonds is 3. The highest BCUT2D eigenvalue weighted by Crippen LogP contribution is 2.20. The Hall–Kier alpha value is -0.900. The molecule has 14 heavy (non-hydrogen) atoms. The molecule has 1 aromatic heterocycles. The second kappa shape index (κ2) is 4.09. The summed E-state index contributed by atoms with van der Waals surface area (Å²) in [6.07, 6.45) is 4.54. The Bertz CT molecular complexity index is 299. The molecule has 1 saturated heterocycles. The fourth-order valence-electron chi connectivity index (χ4n) is 1.99. The molecule has 2 rings (SSSR count). The average Bonchev–Trinajstić information content (AvgIpc) is 2.74.